The Balaban J connectivity index is 1.97. The highest BCUT2D eigenvalue weighted by atomic mass is 16.2. The van der Waals surface area contributed by atoms with Crippen molar-refractivity contribution in [1.82, 2.24) is 15.2 Å². The van der Waals surface area contributed by atoms with Crippen LogP contribution in [0.25, 0.3) is 16.9 Å². The fraction of sp³-hybridized carbons (Fsp3) is 0. The molecule has 3 rings (SSSR count). The first-order valence-electron chi connectivity index (χ1n) is 7.48. The van der Waals surface area contributed by atoms with Crippen LogP contribution >= 0.6 is 0 Å². The first-order chi connectivity index (χ1) is 12.1. The van der Waals surface area contributed by atoms with E-state index in [-0.39, 0.29) is 0 Å². The Labute approximate surface area is 143 Å². The summed E-state index contributed by atoms with van der Waals surface area (Å²) in [5.74, 6) is -2.08. The molecule has 0 aliphatic carbocycles. The van der Waals surface area contributed by atoms with E-state index in [2.05, 4.69) is 15.6 Å². The molecule has 7 nitrogen and oxygen atoms in total. The lowest BCUT2D eigenvalue weighted by Crippen LogP contribution is -2.32. The number of nitrogens with one attached hydrogen (secondary N) is 1. The van der Waals surface area contributed by atoms with Gasteiger partial charge in [-0.3, -0.25) is 9.59 Å². The Morgan fingerprint density at radius 1 is 1.04 bits per heavy atom. The molecule has 1 aromatic heterocycles. The van der Waals surface area contributed by atoms with Crippen molar-refractivity contribution in [2.75, 3.05) is 0 Å². The Hall–Kier alpha value is -3.74. The lowest BCUT2D eigenvalue weighted by Gasteiger charge is -2.00. The van der Waals surface area contributed by atoms with Gasteiger partial charge < -0.3 is 5.73 Å². The molecule has 2 aromatic carbocycles. The van der Waals surface area contributed by atoms with Gasteiger partial charge in [0.2, 0.25) is 0 Å². The van der Waals surface area contributed by atoms with Crippen LogP contribution in [0.5, 0.6) is 0 Å². The van der Waals surface area contributed by atoms with Crippen LogP contribution in [0.4, 0.5) is 0 Å². The topological polar surface area (TPSA) is 102 Å². The normalized spacial score (nSPS) is 10.7. The zero-order chi connectivity index (χ0) is 17.6. The van der Waals surface area contributed by atoms with E-state index in [1.54, 1.807) is 10.9 Å². The zero-order valence-corrected chi connectivity index (χ0v) is 13.2. The molecule has 124 valence electrons. The number of hydrogen-bond acceptors (Lipinski definition) is 4. The van der Waals surface area contributed by atoms with Gasteiger partial charge in [-0.1, -0.05) is 48.5 Å². The number of carbonyl (C=O) groups excluding carboxylic acids is 2. The zero-order valence-electron chi connectivity index (χ0n) is 13.2. The number of nitrogens with zero attached hydrogens (tertiary/aromatic N) is 3. The molecule has 0 bridgehead atoms. The van der Waals surface area contributed by atoms with Gasteiger partial charge in [-0.2, -0.15) is 10.2 Å². The summed E-state index contributed by atoms with van der Waals surface area (Å²) < 4.78 is 1.72. The van der Waals surface area contributed by atoms with Crippen molar-refractivity contribution in [2.45, 2.75) is 0 Å². The molecule has 0 spiro atoms. The third kappa shape index (κ3) is 3.78. The number of aromatic nitrogens is 2. The maximum absolute atomic E-state index is 11.2. The Morgan fingerprint density at radius 2 is 1.68 bits per heavy atom. The van der Waals surface area contributed by atoms with E-state index in [1.807, 2.05) is 60.7 Å². The van der Waals surface area contributed by atoms with E-state index >= 15 is 0 Å². The van der Waals surface area contributed by atoms with E-state index in [0.717, 1.165) is 11.3 Å². The van der Waals surface area contributed by atoms with Gasteiger partial charge in [0.1, 0.15) is 5.69 Å². The van der Waals surface area contributed by atoms with Gasteiger partial charge in [-0.25, -0.2) is 10.1 Å². The van der Waals surface area contributed by atoms with E-state index < -0.39 is 11.8 Å². The molecular weight excluding hydrogens is 318 g/mol. The lowest BCUT2D eigenvalue weighted by atomic mass is 10.1. The molecule has 3 N–H and O–H groups in total. The maximum atomic E-state index is 11.2. The van der Waals surface area contributed by atoms with Crippen molar-refractivity contribution < 1.29 is 9.59 Å². The van der Waals surface area contributed by atoms with Crippen LogP contribution in [0.2, 0.25) is 0 Å². The smallest absolute Gasteiger partial charge is 0.329 e. The number of benzene rings is 2. The largest absolute Gasteiger partial charge is 0.361 e. The summed E-state index contributed by atoms with van der Waals surface area (Å²) in [4.78, 5) is 21.9. The Kier molecular flexibility index (Phi) is 4.66. The monoisotopic (exact) mass is 333 g/mol. The molecule has 7 heteroatoms. The first-order valence-corrected chi connectivity index (χ1v) is 7.48. The van der Waals surface area contributed by atoms with Gasteiger partial charge in [0.05, 0.1) is 11.9 Å². The van der Waals surface area contributed by atoms with Crippen LogP contribution in [-0.4, -0.2) is 27.8 Å². The van der Waals surface area contributed by atoms with Gasteiger partial charge in [-0.05, 0) is 12.1 Å². The quantitative estimate of drug-likeness (QED) is 0.429. The highest BCUT2D eigenvalue weighted by molar-refractivity contribution is 6.34. The standard InChI is InChI=1S/C18H15N5O2/c19-17(24)18(25)21-20-11-14-12-23(15-9-5-2-6-10-15)22-16(14)13-7-3-1-4-8-13/h1-12H,(H2,19,24)(H,21,25). The fourth-order valence-electron chi connectivity index (χ4n) is 2.23. The van der Waals surface area contributed by atoms with Crippen molar-refractivity contribution in [3.63, 3.8) is 0 Å². The van der Waals surface area contributed by atoms with Crippen molar-refractivity contribution in [3.05, 3.63) is 72.4 Å². The third-order valence-electron chi connectivity index (χ3n) is 3.40. The average molecular weight is 333 g/mol. The number of amides is 2. The van der Waals surface area contributed by atoms with Crippen LogP contribution < -0.4 is 11.2 Å². The summed E-state index contributed by atoms with van der Waals surface area (Å²) >= 11 is 0. The molecule has 0 fully saturated rings. The molecule has 0 radical (unpaired) electrons. The van der Waals surface area contributed by atoms with E-state index in [4.69, 9.17) is 5.73 Å². The molecule has 0 saturated carbocycles. The highest BCUT2D eigenvalue weighted by Crippen LogP contribution is 2.22. The second-order valence-electron chi connectivity index (χ2n) is 5.14. The molecule has 0 aliphatic heterocycles. The number of rotatable bonds is 4. The third-order valence-corrected chi connectivity index (χ3v) is 3.40. The SMILES string of the molecule is NC(=O)C(=O)NN=Cc1cn(-c2ccccc2)nc1-c1ccccc1. The molecule has 0 saturated heterocycles. The summed E-state index contributed by atoms with van der Waals surface area (Å²) in [6, 6.07) is 19.2. The molecule has 0 atom stereocenters. The number of primary amides is 1. The number of hydrazone groups is 1. The minimum Gasteiger partial charge on any atom is -0.361 e. The Bertz CT molecular complexity index is 917. The molecule has 2 amide bonds. The Morgan fingerprint density at radius 3 is 2.32 bits per heavy atom. The minimum atomic E-state index is -1.10. The molecule has 0 aliphatic rings. The number of nitrogens with two attached hydrogens (primary N) is 1. The molecule has 25 heavy (non-hydrogen) atoms. The van der Waals surface area contributed by atoms with Gasteiger partial charge in [0, 0.05) is 17.3 Å². The molecular formula is C18H15N5O2. The first kappa shape index (κ1) is 16.1. The predicted molar refractivity (Wildman–Crippen MR) is 93.9 cm³/mol. The van der Waals surface area contributed by atoms with Gasteiger partial charge in [0.25, 0.3) is 0 Å². The number of carbonyl (C=O) groups is 2. The van der Waals surface area contributed by atoms with Crippen LogP contribution in [0, 0.1) is 0 Å². The van der Waals surface area contributed by atoms with Crippen LogP contribution in [-0.2, 0) is 9.59 Å². The molecule has 0 unspecified atom stereocenters. The van der Waals surface area contributed by atoms with Crippen LogP contribution in [0.15, 0.2) is 72.0 Å². The summed E-state index contributed by atoms with van der Waals surface area (Å²) in [6.07, 6.45) is 3.22. The second-order valence-corrected chi connectivity index (χ2v) is 5.14. The van der Waals surface area contributed by atoms with Crippen molar-refractivity contribution in [3.8, 4) is 16.9 Å². The summed E-state index contributed by atoms with van der Waals surface area (Å²) in [6.45, 7) is 0. The molecule has 3 aromatic rings. The average Bonchev–Trinajstić information content (AvgIpc) is 3.07. The number of para-hydroxylation sites is 1. The maximum Gasteiger partial charge on any atom is 0.329 e. The number of hydrogen-bond donors (Lipinski definition) is 2. The fourth-order valence-corrected chi connectivity index (χ4v) is 2.23. The van der Waals surface area contributed by atoms with E-state index in [9.17, 15) is 9.59 Å². The van der Waals surface area contributed by atoms with E-state index in [1.165, 1.54) is 6.21 Å². The van der Waals surface area contributed by atoms with Crippen molar-refractivity contribution in [1.29, 1.82) is 0 Å². The van der Waals surface area contributed by atoms with Gasteiger partial charge >= 0.3 is 11.8 Å². The second kappa shape index (κ2) is 7.22. The predicted octanol–water partition coefficient (Wildman–Crippen LogP) is 1.47. The summed E-state index contributed by atoms with van der Waals surface area (Å²) in [5, 5.41) is 8.38. The van der Waals surface area contributed by atoms with Gasteiger partial charge in [-0.15, -0.1) is 0 Å². The molecule has 1 heterocycles. The summed E-state index contributed by atoms with van der Waals surface area (Å²) in [7, 11) is 0. The van der Waals surface area contributed by atoms with Gasteiger partial charge in [0.15, 0.2) is 0 Å². The van der Waals surface area contributed by atoms with Crippen molar-refractivity contribution in [2.24, 2.45) is 10.8 Å². The minimum absolute atomic E-state index is 0.680. The lowest BCUT2D eigenvalue weighted by molar-refractivity contribution is -0.137. The van der Waals surface area contributed by atoms with E-state index in [0.29, 0.717) is 11.3 Å². The summed E-state index contributed by atoms with van der Waals surface area (Å²) in [5.41, 5.74) is 10.1. The highest BCUT2D eigenvalue weighted by Gasteiger charge is 2.11. The van der Waals surface area contributed by atoms with Crippen LogP contribution in [0.3, 0.4) is 0 Å². The van der Waals surface area contributed by atoms with Crippen molar-refractivity contribution >= 4 is 18.0 Å². The van der Waals surface area contributed by atoms with Crippen LogP contribution in [0.1, 0.15) is 5.56 Å².